The standard InChI is InChI=1S/C15H15N3O2S.BrH/c19-8-7-16-15-17-11-4-1-2-5-12(11)18(15)10-13(20)14-6-3-9-21-14;/h1-6,9,19H,7-8,10H2,(H,16,17);1H. The molecule has 7 heteroatoms. The van der Waals surface area contributed by atoms with Gasteiger partial charge in [0.25, 0.3) is 0 Å². The van der Waals surface area contributed by atoms with Crippen molar-refractivity contribution in [2.75, 3.05) is 18.5 Å². The van der Waals surface area contributed by atoms with Gasteiger partial charge in [0.2, 0.25) is 5.95 Å². The Bertz CT molecular complexity index is 761. The molecular formula is C15H16BrN3O2S. The Labute approximate surface area is 143 Å². The summed E-state index contributed by atoms with van der Waals surface area (Å²) >= 11 is 1.44. The monoisotopic (exact) mass is 381 g/mol. The zero-order chi connectivity index (χ0) is 14.7. The molecule has 3 rings (SSSR count). The number of anilines is 1. The topological polar surface area (TPSA) is 67.2 Å². The van der Waals surface area contributed by atoms with Crippen LogP contribution in [0.15, 0.2) is 41.8 Å². The molecule has 1 aromatic carbocycles. The van der Waals surface area contributed by atoms with Crippen LogP contribution in [0.1, 0.15) is 11.1 Å². The van der Waals surface area contributed by atoms with Gasteiger partial charge in [-0.1, -0.05) is 18.2 Å². The molecule has 0 radical (unpaired) electrons. The summed E-state index contributed by atoms with van der Waals surface area (Å²) in [6, 6.07) is 11.4. The molecule has 2 aromatic heterocycles. The fraction of sp³-hybridized carbons (Fsp3) is 0.200. The van der Waals surface area contributed by atoms with Gasteiger partial charge in [-0.15, -0.1) is 11.3 Å². The number of Topliss-reactive ketones (excluding diaryl/α,β-unsaturated/α-hetero) is 1. The van der Waals surface area contributed by atoms with Gasteiger partial charge in [0, 0.05) is 6.54 Å². The molecule has 2 heterocycles. The highest BCUT2D eigenvalue weighted by atomic mass is 79.9. The number of carbonyl (C=O) groups is 1. The fourth-order valence-electron chi connectivity index (χ4n) is 2.20. The van der Waals surface area contributed by atoms with Crippen LogP contribution in [0.2, 0.25) is 0 Å². The molecule has 116 valence electrons. The lowest BCUT2D eigenvalue weighted by Gasteiger charge is -2.08. The Balaban J connectivity index is 0.00000132. The van der Waals surface area contributed by atoms with E-state index in [0.717, 1.165) is 15.9 Å². The number of halogens is 1. The molecule has 0 saturated heterocycles. The predicted molar refractivity (Wildman–Crippen MR) is 85.1 cm³/mol. The van der Waals surface area contributed by atoms with E-state index in [-0.39, 0.29) is 37.3 Å². The summed E-state index contributed by atoms with van der Waals surface area (Å²) in [5.41, 5.74) is 1.74. The Kier molecular flexibility index (Phi) is 5.70. The average molecular weight is 382 g/mol. The van der Waals surface area contributed by atoms with E-state index in [0.29, 0.717) is 12.5 Å². The van der Waals surface area contributed by atoms with E-state index in [1.165, 1.54) is 11.3 Å². The summed E-state index contributed by atoms with van der Waals surface area (Å²) in [6.07, 6.45) is 0. The van der Waals surface area contributed by atoms with Gasteiger partial charge in [0.05, 0.1) is 29.1 Å². The Morgan fingerprint density at radius 1 is 1.32 bits per heavy atom. The number of fused-ring (bicyclic) bond motifs is 1. The highest BCUT2D eigenvalue weighted by Gasteiger charge is 2.14. The van der Waals surface area contributed by atoms with Crippen LogP contribution in [0.3, 0.4) is 0 Å². The van der Waals surface area contributed by atoms with Gasteiger partial charge in [-0.3, -0.25) is 4.79 Å². The maximum absolute atomic E-state index is 12.3. The molecule has 0 amide bonds. The Morgan fingerprint density at radius 3 is 2.86 bits per heavy atom. The van der Waals surface area contributed by atoms with Crippen LogP contribution in [0.4, 0.5) is 5.95 Å². The van der Waals surface area contributed by atoms with Gasteiger partial charge in [-0.25, -0.2) is 4.98 Å². The predicted octanol–water partition coefficient (Wildman–Crippen LogP) is -0.499. The summed E-state index contributed by atoms with van der Waals surface area (Å²) in [5, 5.41) is 13.9. The van der Waals surface area contributed by atoms with E-state index >= 15 is 0 Å². The highest BCUT2D eigenvalue weighted by Crippen LogP contribution is 2.21. The van der Waals surface area contributed by atoms with E-state index in [9.17, 15) is 4.79 Å². The van der Waals surface area contributed by atoms with Crippen molar-refractivity contribution in [2.45, 2.75) is 6.54 Å². The molecule has 0 bridgehead atoms. The molecule has 0 saturated carbocycles. The molecule has 22 heavy (non-hydrogen) atoms. The van der Waals surface area contributed by atoms with Gasteiger partial charge >= 0.3 is 1.43 Å². The second-order valence-corrected chi connectivity index (χ2v) is 5.51. The summed E-state index contributed by atoms with van der Waals surface area (Å²) < 4.78 is 1.85. The minimum absolute atomic E-state index is 0. The number of aliphatic hydroxyl groups excluding tert-OH is 1. The van der Waals surface area contributed by atoms with Crippen LogP contribution in [0.25, 0.3) is 11.0 Å². The highest BCUT2D eigenvalue weighted by molar-refractivity contribution is 7.12. The van der Waals surface area contributed by atoms with Crippen molar-refractivity contribution >= 4 is 34.1 Å². The first-order valence-electron chi connectivity index (χ1n) is 6.66. The Morgan fingerprint density at radius 2 is 2.14 bits per heavy atom. The van der Waals surface area contributed by atoms with E-state index < -0.39 is 0 Å². The van der Waals surface area contributed by atoms with Crippen LogP contribution in [-0.2, 0) is 6.54 Å². The lowest BCUT2D eigenvalue weighted by Crippen LogP contribution is -3.00. The van der Waals surface area contributed by atoms with Gasteiger partial charge < -0.3 is 32.0 Å². The maximum atomic E-state index is 12.3. The zero-order valence-corrected chi connectivity index (χ0v) is 14.1. The van der Waals surface area contributed by atoms with E-state index in [1.54, 1.807) is 0 Å². The number of nitrogens with zero attached hydrogens (tertiary/aromatic N) is 2. The van der Waals surface area contributed by atoms with Crippen molar-refractivity contribution in [1.82, 2.24) is 9.55 Å². The van der Waals surface area contributed by atoms with E-state index in [2.05, 4.69) is 10.3 Å². The molecular weight excluding hydrogens is 366 g/mol. The number of para-hydroxylation sites is 2. The lowest BCUT2D eigenvalue weighted by molar-refractivity contribution is -0.0000132. The molecule has 0 spiro atoms. The molecule has 3 aromatic rings. The number of thiophene rings is 1. The molecule has 2 N–H and O–H groups in total. The summed E-state index contributed by atoms with van der Waals surface area (Å²) in [7, 11) is 0. The lowest BCUT2D eigenvalue weighted by atomic mass is 10.3. The van der Waals surface area contributed by atoms with Crippen molar-refractivity contribution in [3.63, 3.8) is 0 Å². The van der Waals surface area contributed by atoms with Crippen LogP contribution < -0.4 is 22.3 Å². The first-order valence-corrected chi connectivity index (χ1v) is 7.54. The molecule has 0 atom stereocenters. The number of benzene rings is 1. The van der Waals surface area contributed by atoms with Crippen molar-refractivity contribution in [1.29, 1.82) is 0 Å². The maximum Gasteiger partial charge on any atom is 1.00 e. The van der Waals surface area contributed by atoms with Crippen LogP contribution in [0.5, 0.6) is 0 Å². The number of hydrogen-bond donors (Lipinski definition) is 2. The van der Waals surface area contributed by atoms with E-state index in [4.69, 9.17) is 5.11 Å². The smallest absolute Gasteiger partial charge is 1.00 e. The van der Waals surface area contributed by atoms with E-state index in [1.807, 2.05) is 46.3 Å². The van der Waals surface area contributed by atoms with Crippen molar-refractivity contribution < 1.29 is 28.3 Å². The molecule has 5 nitrogen and oxygen atoms in total. The molecule has 0 aliphatic rings. The minimum Gasteiger partial charge on any atom is -1.00 e. The van der Waals surface area contributed by atoms with Gasteiger partial charge in [-0.2, -0.15) is 0 Å². The molecule has 0 unspecified atom stereocenters. The Hall–Kier alpha value is -1.70. The van der Waals surface area contributed by atoms with Gasteiger partial charge in [-0.05, 0) is 23.6 Å². The quantitative estimate of drug-likeness (QED) is 0.565. The van der Waals surface area contributed by atoms with Crippen LogP contribution >= 0.6 is 11.3 Å². The third-order valence-corrected chi connectivity index (χ3v) is 4.06. The number of rotatable bonds is 6. The van der Waals surface area contributed by atoms with Gasteiger partial charge in [0.15, 0.2) is 5.78 Å². The van der Waals surface area contributed by atoms with Crippen LogP contribution in [-0.4, -0.2) is 33.6 Å². The summed E-state index contributed by atoms with van der Waals surface area (Å²) in [6.45, 7) is 0.646. The molecule has 0 fully saturated rings. The average Bonchev–Trinajstić information content (AvgIpc) is 3.14. The third-order valence-electron chi connectivity index (χ3n) is 3.15. The number of nitrogens with one attached hydrogen (secondary N) is 1. The number of imidazole rings is 1. The number of aromatic nitrogens is 2. The molecule has 0 aliphatic carbocycles. The van der Waals surface area contributed by atoms with Gasteiger partial charge in [0.1, 0.15) is 0 Å². The van der Waals surface area contributed by atoms with Crippen molar-refractivity contribution in [3.8, 4) is 0 Å². The third kappa shape index (κ3) is 3.37. The largest absolute Gasteiger partial charge is 1.00 e. The minimum atomic E-state index is 0. The number of carbonyl (C=O) groups excluding carboxylic acids is 1. The zero-order valence-electron chi connectivity index (χ0n) is 12.7. The summed E-state index contributed by atoms with van der Waals surface area (Å²) in [4.78, 5) is 17.5. The SMILES string of the molecule is O=C(Cn1c(NCCO)nc2ccccc21)c1cccs1.[Br-].[H+]. The van der Waals surface area contributed by atoms with Crippen LogP contribution in [0, 0.1) is 0 Å². The number of ketones is 1. The van der Waals surface area contributed by atoms with Crippen molar-refractivity contribution in [3.05, 3.63) is 46.7 Å². The molecule has 0 aliphatic heterocycles. The van der Waals surface area contributed by atoms with Crippen molar-refractivity contribution in [2.24, 2.45) is 0 Å². The number of hydrogen-bond acceptors (Lipinski definition) is 5. The first kappa shape index (κ1) is 16.7. The second-order valence-electron chi connectivity index (χ2n) is 4.56. The second kappa shape index (κ2) is 7.53. The fourth-order valence-corrected chi connectivity index (χ4v) is 2.85. The first-order chi connectivity index (χ1) is 10.3. The normalized spacial score (nSPS) is 10.4. The summed E-state index contributed by atoms with van der Waals surface area (Å²) in [5.74, 6) is 0.662. The number of aliphatic hydroxyl groups is 1.